The first-order valence-corrected chi connectivity index (χ1v) is 10.7. The Bertz CT molecular complexity index is 1070. The Morgan fingerprint density at radius 1 is 0.935 bits per heavy atom. The molecular formula is C20H24N4O6S. The van der Waals surface area contributed by atoms with Crippen molar-refractivity contribution in [2.45, 2.75) is 18.7 Å². The highest BCUT2D eigenvalue weighted by Gasteiger charge is 2.16. The van der Waals surface area contributed by atoms with E-state index in [9.17, 15) is 22.8 Å². The van der Waals surface area contributed by atoms with E-state index in [2.05, 4.69) is 20.7 Å². The summed E-state index contributed by atoms with van der Waals surface area (Å²) in [6, 6.07) is 10.8. The minimum atomic E-state index is -3.84. The monoisotopic (exact) mass is 448 g/mol. The normalized spacial score (nSPS) is 10.8. The maximum absolute atomic E-state index is 12.2. The summed E-state index contributed by atoms with van der Waals surface area (Å²) in [5.41, 5.74) is 1.66. The number of ether oxygens (including phenoxy) is 1. The molecule has 4 N–H and O–H groups in total. The summed E-state index contributed by atoms with van der Waals surface area (Å²) in [5.74, 6) is -1.09. The fraction of sp³-hybridized carbons (Fsp3) is 0.250. The van der Waals surface area contributed by atoms with Crippen molar-refractivity contribution in [2.75, 3.05) is 30.8 Å². The Morgan fingerprint density at radius 2 is 1.61 bits per heavy atom. The molecule has 0 spiro atoms. The van der Waals surface area contributed by atoms with Crippen LogP contribution in [0.25, 0.3) is 0 Å². The van der Waals surface area contributed by atoms with E-state index >= 15 is 0 Å². The average Bonchev–Trinajstić information content (AvgIpc) is 2.71. The van der Waals surface area contributed by atoms with Crippen molar-refractivity contribution in [3.63, 3.8) is 0 Å². The van der Waals surface area contributed by atoms with Crippen molar-refractivity contribution < 1.29 is 27.5 Å². The molecule has 0 bridgehead atoms. The molecule has 0 aliphatic rings. The van der Waals surface area contributed by atoms with E-state index in [1.165, 1.54) is 32.2 Å². The second-order valence-corrected chi connectivity index (χ2v) is 8.33. The van der Waals surface area contributed by atoms with Crippen molar-refractivity contribution in [3.8, 4) is 5.75 Å². The fourth-order valence-corrected chi connectivity index (χ4v) is 3.46. The van der Waals surface area contributed by atoms with E-state index in [0.717, 1.165) is 5.56 Å². The highest BCUT2D eigenvalue weighted by Crippen LogP contribution is 2.27. The number of amides is 3. The number of carbonyl (C=O) groups is 3. The Balaban J connectivity index is 1.86. The van der Waals surface area contributed by atoms with Crippen LogP contribution in [-0.2, 0) is 24.4 Å². The van der Waals surface area contributed by atoms with Gasteiger partial charge in [-0.15, -0.1) is 0 Å². The summed E-state index contributed by atoms with van der Waals surface area (Å²) >= 11 is 0. The lowest BCUT2D eigenvalue weighted by molar-refractivity contribution is -0.123. The molecule has 0 aliphatic heterocycles. The number of anilines is 2. The number of benzene rings is 2. The average molecular weight is 449 g/mol. The zero-order valence-corrected chi connectivity index (χ0v) is 18.1. The first-order valence-electron chi connectivity index (χ1n) is 9.19. The third-order valence-corrected chi connectivity index (χ3v) is 5.41. The minimum absolute atomic E-state index is 0.0399. The second-order valence-electron chi connectivity index (χ2n) is 6.56. The lowest BCUT2D eigenvalue weighted by atomic mass is 10.2. The topological polar surface area (TPSA) is 143 Å². The summed E-state index contributed by atoms with van der Waals surface area (Å²) < 4.78 is 31.7. The first kappa shape index (κ1) is 23.8. The van der Waals surface area contributed by atoms with Crippen LogP contribution in [0.5, 0.6) is 5.75 Å². The van der Waals surface area contributed by atoms with Gasteiger partial charge in [0.25, 0.3) is 0 Å². The summed E-state index contributed by atoms with van der Waals surface area (Å²) in [7, 11) is -2.39. The largest absolute Gasteiger partial charge is 0.495 e. The van der Waals surface area contributed by atoms with E-state index in [-0.39, 0.29) is 17.3 Å². The quantitative estimate of drug-likeness (QED) is 0.451. The van der Waals surface area contributed by atoms with Gasteiger partial charge in [-0.3, -0.25) is 14.4 Å². The van der Waals surface area contributed by atoms with Crippen molar-refractivity contribution in [3.05, 3.63) is 48.0 Å². The molecule has 10 nitrogen and oxygen atoms in total. The molecule has 0 atom stereocenters. The van der Waals surface area contributed by atoms with Gasteiger partial charge in [0.05, 0.1) is 30.8 Å². The van der Waals surface area contributed by atoms with Gasteiger partial charge in [0.15, 0.2) is 0 Å². The van der Waals surface area contributed by atoms with Crippen LogP contribution >= 0.6 is 0 Å². The number of nitrogens with one attached hydrogen (secondary N) is 4. The molecule has 0 aromatic heterocycles. The van der Waals surface area contributed by atoms with Crippen LogP contribution in [0, 0.1) is 6.92 Å². The number of hydrogen-bond donors (Lipinski definition) is 4. The van der Waals surface area contributed by atoms with Crippen molar-refractivity contribution >= 4 is 39.1 Å². The SMILES string of the molecule is COc1ccc(NC(=O)CNC(=O)CNS(=O)(=O)c2ccc(C)cc2)cc1NC(C)=O. The standard InChI is InChI=1S/C20H24N4O6S/c1-13-4-7-16(8-5-13)31(28,29)22-12-19(26)21-11-20(27)24-15-6-9-18(30-3)17(10-15)23-14(2)25/h4-10,22H,11-12H2,1-3H3,(H,21,26)(H,23,25)(H,24,27). The van der Waals surface area contributed by atoms with Crippen LogP contribution in [0.15, 0.2) is 47.4 Å². The highest BCUT2D eigenvalue weighted by molar-refractivity contribution is 7.89. The van der Waals surface area contributed by atoms with Crippen LogP contribution in [0.1, 0.15) is 12.5 Å². The third kappa shape index (κ3) is 7.39. The van der Waals surface area contributed by atoms with E-state index in [4.69, 9.17) is 4.74 Å². The van der Waals surface area contributed by atoms with Gasteiger partial charge in [-0.1, -0.05) is 17.7 Å². The third-order valence-electron chi connectivity index (χ3n) is 3.99. The number of rotatable bonds is 9. The Labute approximate surface area is 180 Å². The first-order chi connectivity index (χ1) is 14.6. The lowest BCUT2D eigenvalue weighted by Gasteiger charge is -2.12. The van der Waals surface area contributed by atoms with Gasteiger partial charge in [0.2, 0.25) is 27.7 Å². The smallest absolute Gasteiger partial charge is 0.243 e. The number of carbonyl (C=O) groups excluding carboxylic acids is 3. The van der Waals surface area contributed by atoms with Gasteiger partial charge in [-0.05, 0) is 37.3 Å². The van der Waals surface area contributed by atoms with E-state index in [1.807, 2.05) is 6.92 Å². The van der Waals surface area contributed by atoms with Crippen LogP contribution < -0.4 is 25.4 Å². The van der Waals surface area contributed by atoms with E-state index in [1.54, 1.807) is 24.3 Å². The summed E-state index contributed by atoms with van der Waals surface area (Å²) in [6.45, 7) is 2.29. The number of hydrogen-bond acceptors (Lipinski definition) is 6. The van der Waals surface area contributed by atoms with Crippen LogP contribution in [0.3, 0.4) is 0 Å². The van der Waals surface area contributed by atoms with Crippen LogP contribution in [-0.4, -0.2) is 46.3 Å². The predicted molar refractivity (Wildman–Crippen MR) is 115 cm³/mol. The maximum atomic E-state index is 12.2. The van der Waals surface area contributed by atoms with Gasteiger partial charge in [-0.25, -0.2) is 13.1 Å². The Morgan fingerprint density at radius 3 is 2.23 bits per heavy atom. The zero-order chi connectivity index (χ0) is 23.0. The summed E-state index contributed by atoms with van der Waals surface area (Å²) in [6.07, 6.45) is 0. The molecule has 0 saturated carbocycles. The van der Waals surface area contributed by atoms with Gasteiger partial charge in [0.1, 0.15) is 5.75 Å². The minimum Gasteiger partial charge on any atom is -0.495 e. The van der Waals surface area contributed by atoms with Gasteiger partial charge < -0.3 is 20.7 Å². The van der Waals surface area contributed by atoms with Crippen molar-refractivity contribution in [2.24, 2.45) is 0 Å². The molecule has 166 valence electrons. The molecule has 31 heavy (non-hydrogen) atoms. The summed E-state index contributed by atoms with van der Waals surface area (Å²) in [4.78, 5) is 35.3. The molecular weight excluding hydrogens is 424 g/mol. The number of sulfonamides is 1. The number of aryl methyl sites for hydroxylation is 1. The molecule has 2 aromatic rings. The molecule has 2 aromatic carbocycles. The van der Waals surface area contributed by atoms with E-state index < -0.39 is 28.4 Å². The molecule has 2 rings (SSSR count). The molecule has 0 heterocycles. The lowest BCUT2D eigenvalue weighted by Crippen LogP contribution is -2.40. The molecule has 0 unspecified atom stereocenters. The van der Waals surface area contributed by atoms with E-state index in [0.29, 0.717) is 17.1 Å². The molecule has 0 saturated heterocycles. The van der Waals surface area contributed by atoms with Crippen LogP contribution in [0.2, 0.25) is 0 Å². The molecule has 0 radical (unpaired) electrons. The van der Waals surface area contributed by atoms with Gasteiger partial charge >= 0.3 is 0 Å². The van der Waals surface area contributed by atoms with Gasteiger partial charge in [-0.2, -0.15) is 0 Å². The zero-order valence-electron chi connectivity index (χ0n) is 17.3. The maximum Gasteiger partial charge on any atom is 0.243 e. The highest BCUT2D eigenvalue weighted by atomic mass is 32.2. The Kier molecular flexibility index (Phi) is 8.11. The van der Waals surface area contributed by atoms with Crippen molar-refractivity contribution in [1.82, 2.24) is 10.0 Å². The van der Waals surface area contributed by atoms with Gasteiger partial charge in [0, 0.05) is 12.6 Å². The molecule has 0 fully saturated rings. The number of methoxy groups -OCH3 is 1. The second kappa shape index (κ2) is 10.5. The fourth-order valence-electron chi connectivity index (χ4n) is 2.48. The van der Waals surface area contributed by atoms with Crippen molar-refractivity contribution in [1.29, 1.82) is 0 Å². The van der Waals surface area contributed by atoms with Crippen LogP contribution in [0.4, 0.5) is 11.4 Å². The molecule has 0 aliphatic carbocycles. The molecule has 3 amide bonds. The molecule has 11 heteroatoms. The predicted octanol–water partition coefficient (Wildman–Crippen LogP) is 0.995. The Hall–Kier alpha value is -3.44. The summed E-state index contributed by atoms with van der Waals surface area (Å²) in [5, 5.41) is 7.48.